The zero-order valence-electron chi connectivity index (χ0n) is 13.8. The molecule has 0 radical (unpaired) electrons. The van der Waals surface area contributed by atoms with Gasteiger partial charge in [-0.05, 0) is 61.3 Å². The Morgan fingerprint density at radius 3 is 2.38 bits per heavy atom. The molecule has 0 bridgehead atoms. The molecular formula is C17H14Cl2N3O3S-. The summed E-state index contributed by atoms with van der Waals surface area (Å²) >= 11 is 9.30. The first-order valence-electron chi connectivity index (χ1n) is 7.32. The van der Waals surface area contributed by atoms with Crippen LogP contribution >= 0.6 is 23.2 Å². The third kappa shape index (κ3) is 4.74. The first-order valence-corrected chi connectivity index (χ1v) is 9.15. The number of anilines is 2. The van der Waals surface area contributed by atoms with Crippen molar-refractivity contribution in [2.45, 2.75) is 24.3 Å². The Labute approximate surface area is 163 Å². The van der Waals surface area contributed by atoms with Crippen LogP contribution in [0.3, 0.4) is 0 Å². The molecular weight excluding hydrogens is 397 g/mol. The van der Waals surface area contributed by atoms with Gasteiger partial charge in [0, 0.05) is 16.3 Å². The predicted molar refractivity (Wildman–Crippen MR) is 101 cm³/mol. The first kappa shape index (κ1) is 20.2. The lowest BCUT2D eigenvalue weighted by atomic mass is 10.0. The number of carbonyl (C=O) groups is 1. The van der Waals surface area contributed by atoms with Crippen molar-refractivity contribution in [3.05, 3.63) is 52.0 Å². The van der Waals surface area contributed by atoms with Gasteiger partial charge in [-0.25, -0.2) is 0 Å². The smallest absolute Gasteiger partial charge is 0.249 e. The number of carbonyl (C=O) groups excluding carboxylic acids is 1. The first-order chi connectivity index (χ1) is 12.1. The number of nitriles is 1. The van der Waals surface area contributed by atoms with Gasteiger partial charge in [0.25, 0.3) is 0 Å². The summed E-state index contributed by atoms with van der Waals surface area (Å²) in [6.45, 7) is 3.27. The maximum Gasteiger partial charge on any atom is 0.249 e. The highest BCUT2D eigenvalue weighted by Gasteiger charge is 2.28. The van der Waals surface area contributed by atoms with Gasteiger partial charge in [0.2, 0.25) is 5.91 Å². The SMILES string of the molecule is CC(C)(Nc1ccc(Cl)c(S(=O)[O-])c1)C(=O)Nc1ccc(C#N)c(Cl)c1. The van der Waals surface area contributed by atoms with E-state index in [2.05, 4.69) is 10.6 Å². The molecule has 0 spiro atoms. The quantitative estimate of drug-likeness (QED) is 0.726. The van der Waals surface area contributed by atoms with E-state index in [4.69, 9.17) is 28.5 Å². The summed E-state index contributed by atoms with van der Waals surface area (Å²) in [6, 6.07) is 10.9. The van der Waals surface area contributed by atoms with E-state index in [1.807, 2.05) is 6.07 Å². The fourth-order valence-electron chi connectivity index (χ4n) is 2.10. The van der Waals surface area contributed by atoms with Crippen molar-refractivity contribution in [2.75, 3.05) is 10.6 Å². The van der Waals surface area contributed by atoms with Crippen molar-refractivity contribution in [2.24, 2.45) is 0 Å². The average Bonchev–Trinajstić information content (AvgIpc) is 2.56. The van der Waals surface area contributed by atoms with Crippen molar-refractivity contribution < 1.29 is 13.6 Å². The molecule has 1 unspecified atom stereocenters. The Morgan fingerprint density at radius 2 is 1.81 bits per heavy atom. The third-order valence-electron chi connectivity index (χ3n) is 3.48. The maximum absolute atomic E-state index is 12.6. The molecule has 0 fully saturated rings. The van der Waals surface area contributed by atoms with E-state index in [9.17, 15) is 13.6 Å². The van der Waals surface area contributed by atoms with Gasteiger partial charge < -0.3 is 15.2 Å². The minimum absolute atomic E-state index is 0.0632. The van der Waals surface area contributed by atoms with E-state index in [0.29, 0.717) is 16.9 Å². The van der Waals surface area contributed by atoms with Crippen LogP contribution in [-0.4, -0.2) is 20.2 Å². The van der Waals surface area contributed by atoms with Crippen LogP contribution in [-0.2, 0) is 15.9 Å². The maximum atomic E-state index is 12.6. The molecule has 136 valence electrons. The van der Waals surface area contributed by atoms with Crippen molar-refractivity contribution >= 4 is 51.6 Å². The van der Waals surface area contributed by atoms with Crippen LogP contribution in [0.15, 0.2) is 41.3 Å². The fourth-order valence-corrected chi connectivity index (χ4v) is 3.08. The largest absolute Gasteiger partial charge is 0.768 e. The van der Waals surface area contributed by atoms with Gasteiger partial charge >= 0.3 is 0 Å². The summed E-state index contributed by atoms with van der Waals surface area (Å²) in [5.41, 5.74) is 0.0925. The molecule has 2 aromatic carbocycles. The van der Waals surface area contributed by atoms with Crippen LogP contribution in [0.25, 0.3) is 0 Å². The number of amides is 1. The Hall–Kier alpha value is -2.11. The van der Waals surface area contributed by atoms with E-state index >= 15 is 0 Å². The second-order valence-corrected chi connectivity index (χ2v) is 7.61. The summed E-state index contributed by atoms with van der Waals surface area (Å²) < 4.78 is 22.3. The van der Waals surface area contributed by atoms with E-state index in [1.165, 1.54) is 24.3 Å². The number of halogens is 2. The summed E-state index contributed by atoms with van der Waals surface area (Å²) in [7, 11) is 0. The second-order valence-electron chi connectivity index (χ2n) is 5.89. The fraction of sp³-hybridized carbons (Fsp3) is 0.176. The normalized spacial score (nSPS) is 12.2. The van der Waals surface area contributed by atoms with Gasteiger partial charge in [-0.3, -0.25) is 9.00 Å². The molecule has 6 nitrogen and oxygen atoms in total. The number of nitrogens with zero attached hydrogens (tertiary/aromatic N) is 1. The highest BCUT2D eigenvalue weighted by Crippen LogP contribution is 2.26. The standard InChI is InChI=1S/C17H15Cl2N3O3S/c1-17(2,22-12-5-6-13(18)15(8-12)26(24)25)16(23)21-11-4-3-10(9-20)14(19)7-11/h3-8,22H,1-2H3,(H,21,23)(H,24,25)/p-1. The van der Waals surface area contributed by atoms with Crippen LogP contribution in [0.1, 0.15) is 19.4 Å². The van der Waals surface area contributed by atoms with Gasteiger partial charge in [-0.1, -0.05) is 23.2 Å². The molecule has 26 heavy (non-hydrogen) atoms. The lowest BCUT2D eigenvalue weighted by Crippen LogP contribution is -2.44. The van der Waals surface area contributed by atoms with Gasteiger partial charge in [0.05, 0.1) is 15.6 Å². The minimum atomic E-state index is -2.49. The van der Waals surface area contributed by atoms with Gasteiger partial charge in [-0.2, -0.15) is 5.26 Å². The lowest BCUT2D eigenvalue weighted by molar-refractivity contribution is -0.119. The zero-order valence-corrected chi connectivity index (χ0v) is 16.1. The van der Waals surface area contributed by atoms with E-state index < -0.39 is 16.6 Å². The molecule has 0 aromatic heterocycles. The van der Waals surface area contributed by atoms with Crippen molar-refractivity contribution in [3.8, 4) is 6.07 Å². The molecule has 0 heterocycles. The second kappa shape index (κ2) is 8.06. The van der Waals surface area contributed by atoms with Crippen LogP contribution in [0, 0.1) is 11.3 Å². The number of hydrogen-bond donors (Lipinski definition) is 2. The van der Waals surface area contributed by atoms with E-state index in [0.717, 1.165) is 0 Å². The zero-order chi connectivity index (χ0) is 19.5. The molecule has 0 saturated carbocycles. The summed E-state index contributed by atoms with van der Waals surface area (Å²) in [6.07, 6.45) is 0. The highest BCUT2D eigenvalue weighted by molar-refractivity contribution is 7.79. The monoisotopic (exact) mass is 410 g/mol. The number of nitrogens with one attached hydrogen (secondary N) is 2. The molecule has 0 aliphatic rings. The average molecular weight is 411 g/mol. The highest BCUT2D eigenvalue weighted by atomic mass is 35.5. The third-order valence-corrected chi connectivity index (χ3v) is 4.93. The molecule has 2 N–H and O–H groups in total. The van der Waals surface area contributed by atoms with E-state index in [1.54, 1.807) is 26.0 Å². The van der Waals surface area contributed by atoms with Gasteiger partial charge in [0.15, 0.2) is 0 Å². The van der Waals surface area contributed by atoms with Crippen molar-refractivity contribution in [1.29, 1.82) is 5.26 Å². The van der Waals surface area contributed by atoms with Crippen LogP contribution in [0.2, 0.25) is 10.0 Å². The van der Waals surface area contributed by atoms with Crippen molar-refractivity contribution in [3.63, 3.8) is 0 Å². The van der Waals surface area contributed by atoms with E-state index in [-0.39, 0.29) is 20.8 Å². The Bertz CT molecular complexity index is 926. The summed E-state index contributed by atoms with van der Waals surface area (Å²) in [5, 5.41) is 14.9. The number of rotatable bonds is 5. The molecule has 1 amide bonds. The van der Waals surface area contributed by atoms with Crippen LogP contribution < -0.4 is 10.6 Å². The van der Waals surface area contributed by atoms with Crippen LogP contribution in [0.5, 0.6) is 0 Å². The Balaban J connectivity index is 2.18. The predicted octanol–water partition coefficient (Wildman–Crippen LogP) is 3.93. The van der Waals surface area contributed by atoms with Gasteiger partial charge in [0.1, 0.15) is 11.6 Å². The molecule has 9 heteroatoms. The molecule has 0 saturated heterocycles. The van der Waals surface area contributed by atoms with Crippen molar-refractivity contribution in [1.82, 2.24) is 0 Å². The molecule has 2 rings (SSSR count). The number of benzene rings is 2. The van der Waals surface area contributed by atoms with Gasteiger partial charge in [-0.15, -0.1) is 0 Å². The summed E-state index contributed by atoms with van der Waals surface area (Å²) in [4.78, 5) is 12.5. The molecule has 1 atom stereocenters. The topological polar surface area (TPSA) is 105 Å². The Morgan fingerprint density at radius 1 is 1.15 bits per heavy atom. The minimum Gasteiger partial charge on any atom is -0.768 e. The molecule has 2 aromatic rings. The number of hydrogen-bond acceptors (Lipinski definition) is 5. The Kier molecular flexibility index (Phi) is 6.26. The van der Waals surface area contributed by atoms with Crippen LogP contribution in [0.4, 0.5) is 11.4 Å². The molecule has 0 aliphatic carbocycles. The summed E-state index contributed by atoms with van der Waals surface area (Å²) in [5.74, 6) is -0.377. The lowest BCUT2D eigenvalue weighted by Gasteiger charge is -2.27. The molecule has 0 aliphatic heterocycles.